The minimum atomic E-state index is 0.150. The highest BCUT2D eigenvalue weighted by Crippen LogP contribution is 2.16. The van der Waals surface area contributed by atoms with Crippen molar-refractivity contribution in [1.82, 2.24) is 19.9 Å². The fraction of sp³-hybridized carbons (Fsp3) is 0.588. The SMILES string of the molecule is CC(C)CN1CCN(C(=O)CCc2nc(-c3ccco3)no2)CC1. The van der Waals surface area contributed by atoms with Crippen LogP contribution in [-0.4, -0.2) is 58.6 Å². The van der Waals surface area contributed by atoms with Gasteiger partial charge in [-0.15, -0.1) is 0 Å². The van der Waals surface area contributed by atoms with Crippen LogP contribution in [0, 0.1) is 5.92 Å². The van der Waals surface area contributed by atoms with Gasteiger partial charge in [-0.2, -0.15) is 4.98 Å². The fourth-order valence-electron chi connectivity index (χ4n) is 2.93. The van der Waals surface area contributed by atoms with Crippen molar-refractivity contribution in [2.24, 2.45) is 5.92 Å². The highest BCUT2D eigenvalue weighted by Gasteiger charge is 2.22. The van der Waals surface area contributed by atoms with Gasteiger partial charge < -0.3 is 13.8 Å². The van der Waals surface area contributed by atoms with E-state index in [2.05, 4.69) is 28.9 Å². The lowest BCUT2D eigenvalue weighted by Crippen LogP contribution is -2.49. The van der Waals surface area contributed by atoms with Gasteiger partial charge >= 0.3 is 0 Å². The minimum Gasteiger partial charge on any atom is -0.461 e. The van der Waals surface area contributed by atoms with Gasteiger partial charge in [0, 0.05) is 45.6 Å². The summed E-state index contributed by atoms with van der Waals surface area (Å²) in [5.74, 6) is 2.26. The van der Waals surface area contributed by atoms with Crippen LogP contribution < -0.4 is 0 Å². The van der Waals surface area contributed by atoms with Crippen molar-refractivity contribution in [2.45, 2.75) is 26.7 Å². The third-order valence-electron chi connectivity index (χ3n) is 4.11. The summed E-state index contributed by atoms with van der Waals surface area (Å²) in [7, 11) is 0. The molecule has 0 radical (unpaired) electrons. The van der Waals surface area contributed by atoms with E-state index in [0.29, 0.717) is 36.2 Å². The zero-order valence-corrected chi connectivity index (χ0v) is 14.3. The second-order valence-corrected chi connectivity index (χ2v) is 6.56. The Labute approximate surface area is 141 Å². The van der Waals surface area contributed by atoms with Crippen LogP contribution in [0.1, 0.15) is 26.2 Å². The quantitative estimate of drug-likeness (QED) is 0.806. The molecular weight excluding hydrogens is 308 g/mol. The number of carbonyl (C=O) groups is 1. The Balaban J connectivity index is 1.45. The molecule has 0 bridgehead atoms. The molecule has 1 fully saturated rings. The molecule has 0 N–H and O–H groups in total. The molecule has 2 aromatic rings. The zero-order valence-electron chi connectivity index (χ0n) is 14.3. The van der Waals surface area contributed by atoms with Crippen LogP contribution in [0.15, 0.2) is 27.3 Å². The van der Waals surface area contributed by atoms with Crippen LogP contribution in [-0.2, 0) is 11.2 Å². The van der Waals surface area contributed by atoms with E-state index in [-0.39, 0.29) is 5.91 Å². The van der Waals surface area contributed by atoms with E-state index >= 15 is 0 Å². The van der Waals surface area contributed by atoms with E-state index in [0.717, 1.165) is 32.7 Å². The van der Waals surface area contributed by atoms with Gasteiger partial charge in [-0.1, -0.05) is 19.0 Å². The summed E-state index contributed by atoms with van der Waals surface area (Å²) < 4.78 is 10.4. The second kappa shape index (κ2) is 7.61. The van der Waals surface area contributed by atoms with Crippen LogP contribution >= 0.6 is 0 Å². The Kier molecular flexibility index (Phi) is 5.30. The molecule has 0 unspecified atom stereocenters. The number of piperazine rings is 1. The van der Waals surface area contributed by atoms with Gasteiger partial charge in [0.05, 0.1) is 6.26 Å². The van der Waals surface area contributed by atoms with Crippen LogP contribution in [0.2, 0.25) is 0 Å². The Morgan fingerprint density at radius 1 is 1.29 bits per heavy atom. The third kappa shape index (κ3) is 4.23. The average Bonchev–Trinajstić information content (AvgIpc) is 3.24. The molecule has 3 rings (SSSR count). The Bertz CT molecular complexity index is 643. The lowest BCUT2D eigenvalue weighted by Gasteiger charge is -2.35. The van der Waals surface area contributed by atoms with Gasteiger partial charge in [-0.05, 0) is 18.1 Å². The molecule has 7 heteroatoms. The molecule has 1 amide bonds. The molecule has 1 aliphatic rings. The highest BCUT2D eigenvalue weighted by molar-refractivity contribution is 5.76. The predicted octanol–water partition coefficient (Wildman–Crippen LogP) is 2.06. The highest BCUT2D eigenvalue weighted by atomic mass is 16.5. The number of nitrogens with zero attached hydrogens (tertiary/aromatic N) is 4. The molecule has 130 valence electrons. The van der Waals surface area contributed by atoms with Crippen molar-refractivity contribution in [3.63, 3.8) is 0 Å². The van der Waals surface area contributed by atoms with E-state index < -0.39 is 0 Å². The van der Waals surface area contributed by atoms with Crippen molar-refractivity contribution in [1.29, 1.82) is 0 Å². The van der Waals surface area contributed by atoms with Crippen molar-refractivity contribution in [3.05, 3.63) is 24.3 Å². The number of aryl methyl sites for hydroxylation is 1. The molecule has 0 spiro atoms. The van der Waals surface area contributed by atoms with Gasteiger partial charge in [0.15, 0.2) is 5.76 Å². The van der Waals surface area contributed by atoms with Gasteiger partial charge in [-0.3, -0.25) is 9.69 Å². The molecule has 24 heavy (non-hydrogen) atoms. The van der Waals surface area contributed by atoms with Crippen molar-refractivity contribution >= 4 is 5.91 Å². The summed E-state index contributed by atoms with van der Waals surface area (Å²) in [6.07, 6.45) is 2.41. The van der Waals surface area contributed by atoms with Gasteiger partial charge in [0.25, 0.3) is 0 Å². The maximum Gasteiger partial charge on any atom is 0.238 e. The summed E-state index contributed by atoms with van der Waals surface area (Å²) >= 11 is 0. The number of aromatic nitrogens is 2. The van der Waals surface area contributed by atoms with Gasteiger partial charge in [0.1, 0.15) is 0 Å². The smallest absolute Gasteiger partial charge is 0.238 e. The summed E-state index contributed by atoms with van der Waals surface area (Å²) in [5, 5.41) is 3.88. The first-order valence-corrected chi connectivity index (χ1v) is 8.48. The lowest BCUT2D eigenvalue weighted by atomic mass is 10.2. The van der Waals surface area contributed by atoms with Gasteiger partial charge in [0.2, 0.25) is 17.6 Å². The number of hydrogen-bond acceptors (Lipinski definition) is 6. The predicted molar refractivity (Wildman–Crippen MR) is 88.2 cm³/mol. The van der Waals surface area contributed by atoms with Crippen LogP contribution in [0.25, 0.3) is 11.6 Å². The number of carbonyl (C=O) groups excluding carboxylic acids is 1. The van der Waals surface area contributed by atoms with E-state index in [4.69, 9.17) is 8.94 Å². The summed E-state index contributed by atoms with van der Waals surface area (Å²) in [6.45, 7) is 9.04. The molecule has 0 saturated carbocycles. The molecule has 1 saturated heterocycles. The van der Waals surface area contributed by atoms with Crippen molar-refractivity contribution < 1.29 is 13.7 Å². The maximum absolute atomic E-state index is 12.3. The Hall–Kier alpha value is -2.15. The monoisotopic (exact) mass is 332 g/mol. The largest absolute Gasteiger partial charge is 0.461 e. The fourth-order valence-corrected chi connectivity index (χ4v) is 2.93. The van der Waals surface area contributed by atoms with Crippen LogP contribution in [0.4, 0.5) is 0 Å². The van der Waals surface area contributed by atoms with E-state index in [1.807, 2.05) is 4.90 Å². The Morgan fingerprint density at radius 2 is 2.08 bits per heavy atom. The molecule has 0 atom stereocenters. The first kappa shape index (κ1) is 16.7. The third-order valence-corrected chi connectivity index (χ3v) is 4.11. The van der Waals surface area contributed by atoms with Crippen LogP contribution in [0.5, 0.6) is 0 Å². The van der Waals surface area contributed by atoms with E-state index in [1.54, 1.807) is 18.4 Å². The molecule has 0 aliphatic carbocycles. The van der Waals surface area contributed by atoms with E-state index in [9.17, 15) is 4.79 Å². The minimum absolute atomic E-state index is 0.150. The lowest BCUT2D eigenvalue weighted by molar-refractivity contribution is -0.133. The van der Waals surface area contributed by atoms with Crippen molar-refractivity contribution in [2.75, 3.05) is 32.7 Å². The molecule has 2 aromatic heterocycles. The number of rotatable bonds is 6. The topological polar surface area (TPSA) is 75.6 Å². The van der Waals surface area contributed by atoms with Crippen molar-refractivity contribution in [3.8, 4) is 11.6 Å². The summed E-state index contributed by atoms with van der Waals surface area (Å²) in [4.78, 5) is 20.9. The molecule has 0 aromatic carbocycles. The van der Waals surface area contributed by atoms with Gasteiger partial charge in [-0.25, -0.2) is 0 Å². The first-order valence-electron chi connectivity index (χ1n) is 8.48. The number of hydrogen-bond donors (Lipinski definition) is 0. The molecule has 7 nitrogen and oxygen atoms in total. The summed E-state index contributed by atoms with van der Waals surface area (Å²) in [5.41, 5.74) is 0. The average molecular weight is 332 g/mol. The standard InChI is InChI=1S/C17H24N4O3/c1-13(2)12-20-7-9-21(10-8-20)16(22)6-5-15-18-17(19-24-15)14-4-3-11-23-14/h3-4,11,13H,5-10,12H2,1-2H3. The molecule has 3 heterocycles. The molecule has 1 aliphatic heterocycles. The molecular formula is C17H24N4O3. The summed E-state index contributed by atoms with van der Waals surface area (Å²) in [6, 6.07) is 3.55. The number of amides is 1. The second-order valence-electron chi connectivity index (χ2n) is 6.56. The maximum atomic E-state index is 12.3. The van der Waals surface area contributed by atoms with Crippen LogP contribution in [0.3, 0.4) is 0 Å². The van der Waals surface area contributed by atoms with E-state index in [1.165, 1.54) is 0 Å². The first-order chi connectivity index (χ1) is 11.6. The number of furan rings is 1. The zero-order chi connectivity index (χ0) is 16.9. The normalized spacial score (nSPS) is 16.0. The Morgan fingerprint density at radius 3 is 2.75 bits per heavy atom.